The van der Waals surface area contributed by atoms with Gasteiger partial charge in [0, 0.05) is 25.5 Å². The Hall–Kier alpha value is -2.61. The molecule has 1 aliphatic heterocycles. The predicted octanol–water partition coefficient (Wildman–Crippen LogP) is 2.60. The van der Waals surface area contributed by atoms with E-state index < -0.39 is 23.2 Å². The number of amides is 1. The molecule has 8 heteroatoms. The van der Waals surface area contributed by atoms with E-state index in [1.54, 1.807) is 0 Å². The third kappa shape index (κ3) is 3.83. The topological polar surface area (TPSA) is 76.1 Å². The van der Waals surface area contributed by atoms with E-state index in [0.29, 0.717) is 12.5 Å². The lowest BCUT2D eigenvalue weighted by Gasteiger charge is -2.11. The third-order valence-corrected chi connectivity index (χ3v) is 3.63. The van der Waals surface area contributed by atoms with Crippen molar-refractivity contribution in [2.24, 2.45) is 0 Å². The summed E-state index contributed by atoms with van der Waals surface area (Å²) in [5.74, 6) is -2.03. The van der Waals surface area contributed by atoms with Crippen molar-refractivity contribution in [3.05, 3.63) is 47.8 Å². The third-order valence-electron chi connectivity index (χ3n) is 3.63. The highest BCUT2D eigenvalue weighted by molar-refractivity contribution is 6.04. The first-order valence-electron chi connectivity index (χ1n) is 7.56. The quantitative estimate of drug-likeness (QED) is 0.879. The Bertz CT molecular complexity index is 698. The molecule has 24 heavy (non-hydrogen) atoms. The molecule has 2 aromatic rings. The molecule has 2 heterocycles. The van der Waals surface area contributed by atoms with Gasteiger partial charge in [0.25, 0.3) is 5.91 Å². The first-order chi connectivity index (χ1) is 11.6. The van der Waals surface area contributed by atoms with Gasteiger partial charge in [0.2, 0.25) is 5.95 Å². The summed E-state index contributed by atoms with van der Waals surface area (Å²) in [4.78, 5) is 20.1. The zero-order chi connectivity index (χ0) is 16.9. The highest BCUT2D eigenvalue weighted by atomic mass is 19.1. The maximum absolute atomic E-state index is 13.5. The molecule has 1 aromatic heterocycles. The maximum atomic E-state index is 13.5. The second-order valence-corrected chi connectivity index (χ2v) is 5.36. The Labute approximate surface area is 137 Å². The number of anilines is 2. The lowest BCUT2D eigenvalue weighted by Crippen LogP contribution is -2.20. The van der Waals surface area contributed by atoms with Crippen molar-refractivity contribution in [3.63, 3.8) is 0 Å². The Kier molecular flexibility index (Phi) is 4.95. The standard InChI is InChI=1S/C16H16F2N4O2/c17-12-4-1-5-13(18)14(12)22-15(23)10-7-19-16(20-8-10)21-9-11-3-2-6-24-11/h1,4-5,7-8,11H,2-3,6,9H2,(H,22,23)(H,19,20,21). The monoisotopic (exact) mass is 334 g/mol. The number of hydrogen-bond acceptors (Lipinski definition) is 5. The van der Waals surface area contributed by atoms with E-state index in [2.05, 4.69) is 20.6 Å². The summed E-state index contributed by atoms with van der Waals surface area (Å²) in [7, 11) is 0. The maximum Gasteiger partial charge on any atom is 0.258 e. The minimum atomic E-state index is -0.848. The van der Waals surface area contributed by atoms with Crippen LogP contribution < -0.4 is 10.6 Å². The number of nitrogens with zero attached hydrogens (tertiary/aromatic N) is 2. The smallest absolute Gasteiger partial charge is 0.258 e. The molecule has 1 aliphatic rings. The molecule has 1 unspecified atom stereocenters. The summed E-state index contributed by atoms with van der Waals surface area (Å²) in [6, 6.07) is 3.35. The van der Waals surface area contributed by atoms with Gasteiger partial charge in [-0.2, -0.15) is 0 Å². The van der Waals surface area contributed by atoms with E-state index in [-0.39, 0.29) is 11.7 Å². The Morgan fingerprint density at radius 1 is 1.25 bits per heavy atom. The SMILES string of the molecule is O=C(Nc1c(F)cccc1F)c1cnc(NCC2CCCO2)nc1. The molecular formula is C16H16F2N4O2. The molecule has 0 spiro atoms. The van der Waals surface area contributed by atoms with Crippen LogP contribution in [0, 0.1) is 11.6 Å². The molecule has 126 valence electrons. The van der Waals surface area contributed by atoms with Crippen molar-refractivity contribution in [2.45, 2.75) is 18.9 Å². The zero-order valence-electron chi connectivity index (χ0n) is 12.8. The predicted molar refractivity (Wildman–Crippen MR) is 83.8 cm³/mol. The van der Waals surface area contributed by atoms with Gasteiger partial charge in [0.15, 0.2) is 0 Å². The van der Waals surface area contributed by atoms with Crippen LogP contribution in [-0.2, 0) is 4.74 Å². The van der Waals surface area contributed by atoms with Crippen LogP contribution in [0.1, 0.15) is 23.2 Å². The molecule has 0 bridgehead atoms. The first kappa shape index (κ1) is 16.3. The van der Waals surface area contributed by atoms with Gasteiger partial charge in [-0.3, -0.25) is 4.79 Å². The number of hydrogen-bond donors (Lipinski definition) is 2. The number of halogens is 2. The second kappa shape index (κ2) is 7.31. The Balaban J connectivity index is 1.61. The lowest BCUT2D eigenvalue weighted by molar-refractivity contribution is 0.102. The summed E-state index contributed by atoms with van der Waals surface area (Å²) >= 11 is 0. The molecule has 1 saturated heterocycles. The normalized spacial score (nSPS) is 16.8. The van der Waals surface area contributed by atoms with Gasteiger partial charge in [-0.15, -0.1) is 0 Å². The highest BCUT2D eigenvalue weighted by Crippen LogP contribution is 2.19. The number of benzene rings is 1. The number of carbonyl (C=O) groups is 1. The molecule has 1 atom stereocenters. The van der Waals surface area contributed by atoms with Crippen molar-refractivity contribution >= 4 is 17.5 Å². The fourth-order valence-electron chi connectivity index (χ4n) is 2.35. The second-order valence-electron chi connectivity index (χ2n) is 5.36. The molecule has 3 rings (SSSR count). The summed E-state index contributed by atoms with van der Waals surface area (Å²) in [6.07, 6.45) is 4.75. The van der Waals surface area contributed by atoms with Crippen molar-refractivity contribution in [1.82, 2.24) is 9.97 Å². The van der Waals surface area contributed by atoms with Gasteiger partial charge < -0.3 is 15.4 Å². The highest BCUT2D eigenvalue weighted by Gasteiger charge is 2.16. The van der Waals surface area contributed by atoms with Gasteiger partial charge in [0.1, 0.15) is 17.3 Å². The number of nitrogens with one attached hydrogen (secondary N) is 2. The number of ether oxygens (including phenoxy) is 1. The van der Waals surface area contributed by atoms with Gasteiger partial charge in [0.05, 0.1) is 11.7 Å². The summed E-state index contributed by atoms with van der Waals surface area (Å²) in [5.41, 5.74) is -0.400. The van der Waals surface area contributed by atoms with Gasteiger partial charge in [-0.1, -0.05) is 6.07 Å². The van der Waals surface area contributed by atoms with Crippen LogP contribution in [0.15, 0.2) is 30.6 Å². The van der Waals surface area contributed by atoms with Crippen LogP contribution in [0.5, 0.6) is 0 Å². The van der Waals surface area contributed by atoms with Crippen molar-refractivity contribution in [3.8, 4) is 0 Å². The van der Waals surface area contributed by atoms with Crippen LogP contribution in [0.25, 0.3) is 0 Å². The van der Waals surface area contributed by atoms with Crippen molar-refractivity contribution in [2.75, 3.05) is 23.8 Å². The van der Waals surface area contributed by atoms with E-state index >= 15 is 0 Å². The van der Waals surface area contributed by atoms with Crippen LogP contribution in [0.4, 0.5) is 20.4 Å². The fourth-order valence-corrected chi connectivity index (χ4v) is 2.35. The molecule has 6 nitrogen and oxygen atoms in total. The first-order valence-corrected chi connectivity index (χ1v) is 7.56. The van der Waals surface area contributed by atoms with Crippen LogP contribution in [0.2, 0.25) is 0 Å². The van der Waals surface area contributed by atoms with E-state index in [1.165, 1.54) is 18.5 Å². The van der Waals surface area contributed by atoms with Crippen molar-refractivity contribution in [1.29, 1.82) is 0 Å². The molecule has 2 N–H and O–H groups in total. The lowest BCUT2D eigenvalue weighted by atomic mass is 10.2. The fraction of sp³-hybridized carbons (Fsp3) is 0.312. The average Bonchev–Trinajstić information content (AvgIpc) is 3.10. The number of carbonyl (C=O) groups excluding carboxylic acids is 1. The van der Waals surface area contributed by atoms with Crippen LogP contribution in [0.3, 0.4) is 0 Å². The van der Waals surface area contributed by atoms with Crippen LogP contribution >= 0.6 is 0 Å². The number of aromatic nitrogens is 2. The zero-order valence-corrected chi connectivity index (χ0v) is 12.8. The molecule has 1 fully saturated rings. The van der Waals surface area contributed by atoms with Gasteiger partial charge in [-0.25, -0.2) is 18.7 Å². The van der Waals surface area contributed by atoms with E-state index in [9.17, 15) is 13.6 Å². The minimum Gasteiger partial charge on any atom is -0.376 e. The Morgan fingerprint density at radius 3 is 2.58 bits per heavy atom. The van der Waals surface area contributed by atoms with Gasteiger partial charge in [-0.05, 0) is 25.0 Å². The van der Waals surface area contributed by atoms with E-state index in [0.717, 1.165) is 31.6 Å². The van der Waals surface area contributed by atoms with E-state index in [1.807, 2.05) is 0 Å². The molecular weight excluding hydrogens is 318 g/mol. The summed E-state index contributed by atoms with van der Waals surface area (Å²) in [5, 5.41) is 5.20. The molecule has 0 radical (unpaired) electrons. The molecule has 1 aromatic carbocycles. The number of para-hydroxylation sites is 1. The van der Waals surface area contributed by atoms with Crippen LogP contribution in [-0.4, -0.2) is 35.1 Å². The largest absolute Gasteiger partial charge is 0.376 e. The summed E-state index contributed by atoms with van der Waals surface area (Å²) < 4.78 is 32.5. The Morgan fingerprint density at radius 2 is 1.96 bits per heavy atom. The van der Waals surface area contributed by atoms with Gasteiger partial charge >= 0.3 is 0 Å². The molecule has 0 aliphatic carbocycles. The minimum absolute atomic E-state index is 0.0975. The molecule has 0 saturated carbocycles. The average molecular weight is 334 g/mol. The van der Waals surface area contributed by atoms with E-state index in [4.69, 9.17) is 4.74 Å². The molecule has 1 amide bonds. The van der Waals surface area contributed by atoms with Crippen molar-refractivity contribution < 1.29 is 18.3 Å². The summed E-state index contributed by atoms with van der Waals surface area (Å²) in [6.45, 7) is 1.35. The number of rotatable bonds is 5.